The number of nitrogens with zero attached hydrogens (tertiary/aromatic N) is 1. The number of unbranched alkanes of at least 4 members (excludes halogenated alkanes) is 1. The van der Waals surface area contributed by atoms with Gasteiger partial charge in [-0.05, 0) is 84.6 Å². The first-order valence-electron chi connectivity index (χ1n) is 12.1. The summed E-state index contributed by atoms with van der Waals surface area (Å²) in [6.07, 6.45) is 9.53. The van der Waals surface area contributed by atoms with Gasteiger partial charge in [0.05, 0.1) is 0 Å². The molecule has 1 aliphatic carbocycles. The molecule has 0 radical (unpaired) electrons. The topological polar surface area (TPSA) is 23.8 Å². The van der Waals surface area contributed by atoms with Crippen molar-refractivity contribution < 1.29 is 13.2 Å². The quantitative estimate of drug-likeness (QED) is 0.355. The predicted octanol–water partition coefficient (Wildman–Crippen LogP) is 8.38. The van der Waals surface area contributed by atoms with Crippen molar-refractivity contribution in [2.75, 3.05) is 0 Å². The molecule has 0 saturated heterocycles. The minimum atomic E-state index is -0.876. The monoisotopic (exact) mass is 449 g/mol. The van der Waals surface area contributed by atoms with E-state index in [1.807, 2.05) is 12.1 Å². The van der Waals surface area contributed by atoms with Gasteiger partial charge in [0.15, 0.2) is 0 Å². The predicted molar refractivity (Wildman–Crippen MR) is 127 cm³/mol. The average Bonchev–Trinajstić information content (AvgIpc) is 2.82. The molecule has 0 unspecified atom stereocenters. The van der Waals surface area contributed by atoms with Crippen LogP contribution >= 0.6 is 0 Å². The molecule has 0 bridgehead atoms. The van der Waals surface area contributed by atoms with Gasteiger partial charge < -0.3 is 0 Å². The normalized spacial score (nSPS) is 18.4. The van der Waals surface area contributed by atoms with Crippen molar-refractivity contribution in [3.63, 3.8) is 0 Å². The summed E-state index contributed by atoms with van der Waals surface area (Å²) in [5, 5.41) is 10.3. The van der Waals surface area contributed by atoms with Gasteiger partial charge in [-0.25, -0.2) is 13.2 Å². The van der Waals surface area contributed by atoms with Crippen LogP contribution in [0.3, 0.4) is 0 Å². The molecule has 0 heterocycles. The zero-order valence-electron chi connectivity index (χ0n) is 19.1. The summed E-state index contributed by atoms with van der Waals surface area (Å²) in [5.41, 5.74) is 1.65. The van der Waals surface area contributed by atoms with Gasteiger partial charge in [-0.1, -0.05) is 56.5 Å². The Morgan fingerprint density at radius 1 is 0.909 bits per heavy atom. The molecule has 1 nitrogen and oxygen atoms in total. The summed E-state index contributed by atoms with van der Waals surface area (Å²) >= 11 is 0. The van der Waals surface area contributed by atoms with Crippen LogP contribution in [0.4, 0.5) is 13.2 Å². The first-order chi connectivity index (χ1) is 16.0. The number of rotatable bonds is 7. The first-order valence-corrected chi connectivity index (χ1v) is 12.1. The molecule has 1 aliphatic rings. The fourth-order valence-corrected chi connectivity index (χ4v) is 5.24. The lowest BCUT2D eigenvalue weighted by molar-refractivity contribution is 0.304. The molecule has 172 valence electrons. The lowest BCUT2D eigenvalue weighted by Gasteiger charge is -2.29. The second-order valence-corrected chi connectivity index (χ2v) is 9.43. The van der Waals surface area contributed by atoms with Gasteiger partial charge in [-0.15, -0.1) is 0 Å². The lowest BCUT2D eigenvalue weighted by atomic mass is 9.77. The smallest absolute Gasteiger partial charge is 0.144 e. The van der Waals surface area contributed by atoms with Crippen molar-refractivity contribution >= 4 is 10.8 Å². The molecule has 3 aromatic rings. The van der Waals surface area contributed by atoms with E-state index in [4.69, 9.17) is 5.26 Å². The molecule has 0 N–H and O–H groups in total. The third kappa shape index (κ3) is 5.24. The molecule has 3 aromatic carbocycles. The van der Waals surface area contributed by atoms with Crippen molar-refractivity contribution in [1.29, 1.82) is 5.26 Å². The van der Waals surface area contributed by atoms with E-state index in [9.17, 15) is 8.78 Å². The summed E-state index contributed by atoms with van der Waals surface area (Å²) in [5.74, 6) is -0.607. The minimum Gasteiger partial charge on any atom is -0.206 e. The molecular formula is C29H30F3N. The molecule has 0 aromatic heterocycles. The number of aryl methyl sites for hydroxylation is 2. The largest absolute Gasteiger partial charge is 0.206 e. The molecule has 4 heteroatoms. The lowest BCUT2D eigenvalue weighted by Crippen LogP contribution is -2.13. The highest BCUT2D eigenvalue weighted by Gasteiger charge is 2.22. The second-order valence-electron chi connectivity index (χ2n) is 9.43. The van der Waals surface area contributed by atoms with E-state index in [2.05, 4.69) is 19.1 Å². The van der Waals surface area contributed by atoms with Crippen molar-refractivity contribution in [2.24, 2.45) is 5.92 Å². The highest BCUT2D eigenvalue weighted by atomic mass is 19.1. The maximum absolute atomic E-state index is 15.2. The molecule has 1 fully saturated rings. The fourth-order valence-electron chi connectivity index (χ4n) is 5.24. The van der Waals surface area contributed by atoms with Crippen LogP contribution in [0.1, 0.15) is 80.0 Å². The van der Waals surface area contributed by atoms with Crippen molar-refractivity contribution in [3.8, 4) is 6.07 Å². The molecule has 1 saturated carbocycles. The number of hydrogen-bond acceptors (Lipinski definition) is 1. The third-order valence-electron chi connectivity index (χ3n) is 7.24. The van der Waals surface area contributed by atoms with Crippen molar-refractivity contribution in [2.45, 2.75) is 70.6 Å². The Morgan fingerprint density at radius 2 is 1.64 bits per heavy atom. The van der Waals surface area contributed by atoms with Gasteiger partial charge in [0.1, 0.15) is 29.1 Å². The number of benzene rings is 3. The zero-order valence-corrected chi connectivity index (χ0v) is 19.1. The van der Waals surface area contributed by atoms with Crippen molar-refractivity contribution in [1.82, 2.24) is 0 Å². The molecule has 0 spiro atoms. The standard InChI is InChI=1S/C29H30F3N/c1-2-3-4-19-5-8-21(9-6-19)23-13-14-25-24(17-23)12-11-22(29(25)32)10-7-20-15-27(30)26(18-33)28(31)16-20/h11-17,19,21H,2-10H2,1H3. The number of hydrogen-bond donors (Lipinski definition) is 0. The fraction of sp³-hybridized carbons (Fsp3) is 0.414. The van der Waals surface area contributed by atoms with E-state index in [1.54, 1.807) is 6.07 Å². The number of nitriles is 1. The summed E-state index contributed by atoms with van der Waals surface area (Å²) in [7, 11) is 0. The molecule has 0 amide bonds. The zero-order chi connectivity index (χ0) is 23.4. The summed E-state index contributed by atoms with van der Waals surface area (Å²) < 4.78 is 42.9. The average molecular weight is 450 g/mol. The van der Waals surface area contributed by atoms with Gasteiger partial charge in [0, 0.05) is 5.39 Å². The highest BCUT2D eigenvalue weighted by Crippen LogP contribution is 2.38. The number of fused-ring (bicyclic) bond motifs is 1. The molecular weight excluding hydrogens is 419 g/mol. The van der Waals surface area contributed by atoms with Gasteiger partial charge in [0.2, 0.25) is 0 Å². The van der Waals surface area contributed by atoms with Gasteiger partial charge >= 0.3 is 0 Å². The van der Waals surface area contributed by atoms with E-state index < -0.39 is 17.2 Å². The van der Waals surface area contributed by atoms with E-state index >= 15 is 4.39 Å². The Labute approximate surface area is 194 Å². The van der Waals surface area contributed by atoms with Crippen LogP contribution in [-0.2, 0) is 12.8 Å². The molecule has 0 aliphatic heterocycles. The SMILES string of the molecule is CCCCC1CCC(c2ccc3c(F)c(CCc4cc(F)c(C#N)c(F)c4)ccc3c2)CC1. The van der Waals surface area contributed by atoms with E-state index in [-0.39, 0.29) is 5.82 Å². The Morgan fingerprint density at radius 3 is 2.30 bits per heavy atom. The van der Waals surface area contributed by atoms with Crippen LogP contribution in [0.25, 0.3) is 10.8 Å². The van der Waals surface area contributed by atoms with Crippen LogP contribution in [-0.4, -0.2) is 0 Å². The first kappa shape index (κ1) is 23.4. The van der Waals surface area contributed by atoms with Crippen LogP contribution in [0.2, 0.25) is 0 Å². The Hall–Kier alpha value is -2.80. The summed E-state index contributed by atoms with van der Waals surface area (Å²) in [6, 6.07) is 13.6. The maximum Gasteiger partial charge on any atom is 0.144 e. The van der Waals surface area contributed by atoms with Gasteiger partial charge in [-0.2, -0.15) is 5.26 Å². The van der Waals surface area contributed by atoms with Gasteiger partial charge in [-0.3, -0.25) is 0 Å². The summed E-state index contributed by atoms with van der Waals surface area (Å²) in [6.45, 7) is 2.25. The van der Waals surface area contributed by atoms with Crippen LogP contribution < -0.4 is 0 Å². The molecule has 4 rings (SSSR count). The molecule has 33 heavy (non-hydrogen) atoms. The van der Waals surface area contributed by atoms with Crippen LogP contribution in [0.15, 0.2) is 42.5 Å². The van der Waals surface area contributed by atoms with Crippen LogP contribution in [0.5, 0.6) is 0 Å². The minimum absolute atomic E-state index is 0.267. The maximum atomic E-state index is 15.2. The van der Waals surface area contributed by atoms with E-state index in [0.717, 1.165) is 23.4 Å². The van der Waals surface area contributed by atoms with E-state index in [1.165, 1.54) is 56.6 Å². The second kappa shape index (κ2) is 10.4. The van der Waals surface area contributed by atoms with E-state index in [0.29, 0.717) is 35.3 Å². The highest BCUT2D eigenvalue weighted by molar-refractivity contribution is 5.84. The Balaban J connectivity index is 1.46. The summed E-state index contributed by atoms with van der Waals surface area (Å²) in [4.78, 5) is 0. The molecule has 0 atom stereocenters. The third-order valence-corrected chi connectivity index (χ3v) is 7.24. The number of halogens is 3. The Kier molecular flexibility index (Phi) is 7.38. The van der Waals surface area contributed by atoms with Crippen molar-refractivity contribution in [3.05, 3.63) is 82.2 Å². The van der Waals surface area contributed by atoms with Gasteiger partial charge in [0.25, 0.3) is 0 Å². The Bertz CT molecular complexity index is 1150. The van der Waals surface area contributed by atoms with Crippen LogP contribution in [0, 0.1) is 34.7 Å².